The van der Waals surface area contributed by atoms with Crippen LogP contribution in [0.3, 0.4) is 0 Å². The minimum atomic E-state index is -0.682. The fraction of sp³-hybridized carbons (Fsp3) is 0.333. The van der Waals surface area contributed by atoms with E-state index in [-0.39, 0.29) is 36.0 Å². The van der Waals surface area contributed by atoms with Crippen molar-refractivity contribution in [2.24, 2.45) is 0 Å². The summed E-state index contributed by atoms with van der Waals surface area (Å²) >= 11 is 1.54. The minimum Gasteiger partial charge on any atom is -0.352 e. The summed E-state index contributed by atoms with van der Waals surface area (Å²) in [4.78, 5) is 28.8. The molecule has 6 heteroatoms. The summed E-state index contributed by atoms with van der Waals surface area (Å²) in [6, 6.07) is 23.3. The van der Waals surface area contributed by atoms with Crippen LogP contribution in [0, 0.1) is 12.7 Å². The summed E-state index contributed by atoms with van der Waals surface area (Å²) in [5.41, 5.74) is 4.14. The van der Waals surface area contributed by atoms with Gasteiger partial charge in [0.15, 0.2) is 0 Å². The van der Waals surface area contributed by atoms with Crippen molar-refractivity contribution in [2.75, 3.05) is 5.75 Å². The van der Waals surface area contributed by atoms with Gasteiger partial charge in [0.25, 0.3) is 0 Å². The summed E-state index contributed by atoms with van der Waals surface area (Å²) in [5.74, 6) is 0.342. The molecule has 3 aromatic carbocycles. The van der Waals surface area contributed by atoms with Crippen molar-refractivity contribution < 1.29 is 14.0 Å². The van der Waals surface area contributed by atoms with E-state index in [9.17, 15) is 14.0 Å². The lowest BCUT2D eigenvalue weighted by Crippen LogP contribution is -2.52. The Morgan fingerprint density at radius 2 is 1.61 bits per heavy atom. The Morgan fingerprint density at radius 3 is 2.28 bits per heavy atom. The van der Waals surface area contributed by atoms with E-state index in [1.807, 2.05) is 56.3 Å². The van der Waals surface area contributed by atoms with Crippen LogP contribution < -0.4 is 5.32 Å². The van der Waals surface area contributed by atoms with E-state index in [1.165, 1.54) is 23.3 Å². The van der Waals surface area contributed by atoms with Gasteiger partial charge in [-0.05, 0) is 54.7 Å². The van der Waals surface area contributed by atoms with Crippen LogP contribution in [0.1, 0.15) is 42.5 Å². The molecule has 0 saturated heterocycles. The highest BCUT2D eigenvalue weighted by Crippen LogP contribution is 2.20. The van der Waals surface area contributed by atoms with Crippen molar-refractivity contribution in [3.8, 4) is 0 Å². The number of hydrogen-bond acceptors (Lipinski definition) is 3. The molecule has 2 atom stereocenters. The van der Waals surface area contributed by atoms with Crippen LogP contribution in [0.2, 0.25) is 0 Å². The van der Waals surface area contributed by atoms with Gasteiger partial charge in [-0.2, -0.15) is 0 Å². The quantitative estimate of drug-likeness (QED) is 0.332. The highest BCUT2D eigenvalue weighted by molar-refractivity contribution is 7.99. The molecule has 0 aliphatic carbocycles. The van der Waals surface area contributed by atoms with E-state index in [2.05, 4.69) is 24.4 Å². The van der Waals surface area contributed by atoms with Gasteiger partial charge in [-0.3, -0.25) is 9.59 Å². The lowest BCUT2D eigenvalue weighted by atomic mass is 10.0. The molecule has 0 unspecified atom stereocenters. The maximum atomic E-state index is 13.6. The second-order valence-electron chi connectivity index (χ2n) is 9.09. The molecule has 190 valence electrons. The molecule has 2 amide bonds. The number of hydrogen-bond donors (Lipinski definition) is 1. The molecule has 3 aromatic rings. The van der Waals surface area contributed by atoms with Crippen molar-refractivity contribution in [1.82, 2.24) is 10.2 Å². The largest absolute Gasteiger partial charge is 0.352 e. The van der Waals surface area contributed by atoms with Gasteiger partial charge in [0, 0.05) is 24.8 Å². The van der Waals surface area contributed by atoms with Gasteiger partial charge in [0.05, 0.1) is 5.75 Å². The minimum absolute atomic E-state index is 0.00558. The van der Waals surface area contributed by atoms with Gasteiger partial charge in [-0.15, -0.1) is 11.8 Å². The first-order valence-electron chi connectivity index (χ1n) is 12.4. The predicted octanol–water partition coefficient (Wildman–Crippen LogP) is 5.92. The molecule has 0 aliphatic rings. The number of benzene rings is 3. The molecule has 36 heavy (non-hydrogen) atoms. The summed E-state index contributed by atoms with van der Waals surface area (Å²) in [6.07, 6.45) is 1.19. The predicted molar refractivity (Wildman–Crippen MR) is 146 cm³/mol. The van der Waals surface area contributed by atoms with Crippen molar-refractivity contribution in [1.29, 1.82) is 0 Å². The fourth-order valence-electron chi connectivity index (χ4n) is 3.88. The number of amides is 2. The van der Waals surface area contributed by atoms with E-state index in [1.54, 1.807) is 28.8 Å². The Hall–Kier alpha value is -3.12. The molecule has 0 spiro atoms. The molecule has 0 heterocycles. The standard InChI is InChI=1S/C30H35FN2O2S/c1-4-23(3)32-30(35)28(18-24-11-6-5-7-12-24)33(19-25-14-16-27(31)17-15-25)29(34)21-36-20-26-13-9-8-10-22(26)2/h5-17,23,28H,4,18-21H2,1-3H3,(H,32,35)/t23-,28-/m1/s1. The molecule has 0 saturated carbocycles. The van der Waals surface area contributed by atoms with E-state index >= 15 is 0 Å². The van der Waals surface area contributed by atoms with Crippen molar-refractivity contribution in [3.63, 3.8) is 0 Å². The molecule has 1 N–H and O–H groups in total. The summed E-state index contributed by atoms with van der Waals surface area (Å²) in [6.45, 7) is 6.27. The zero-order valence-corrected chi connectivity index (χ0v) is 22.1. The zero-order chi connectivity index (χ0) is 25.9. The Balaban J connectivity index is 1.85. The molecular weight excluding hydrogens is 471 g/mol. The number of carbonyl (C=O) groups excluding carboxylic acids is 2. The Labute approximate surface area is 218 Å². The lowest BCUT2D eigenvalue weighted by Gasteiger charge is -2.32. The number of aryl methyl sites for hydroxylation is 1. The SMILES string of the molecule is CC[C@@H](C)NC(=O)[C@@H](Cc1ccccc1)N(Cc1ccc(F)cc1)C(=O)CSCc1ccccc1C. The first-order chi connectivity index (χ1) is 17.4. The fourth-order valence-corrected chi connectivity index (χ4v) is 4.87. The zero-order valence-electron chi connectivity index (χ0n) is 21.2. The van der Waals surface area contributed by atoms with Gasteiger partial charge in [-0.25, -0.2) is 4.39 Å². The first kappa shape index (κ1) is 27.5. The maximum absolute atomic E-state index is 13.6. The molecular formula is C30H35FN2O2S. The van der Waals surface area contributed by atoms with Crippen LogP contribution in [0.4, 0.5) is 4.39 Å². The third kappa shape index (κ3) is 8.23. The van der Waals surface area contributed by atoms with E-state index < -0.39 is 6.04 Å². The van der Waals surface area contributed by atoms with Crippen LogP contribution in [0.25, 0.3) is 0 Å². The number of thioether (sulfide) groups is 1. The molecule has 4 nitrogen and oxygen atoms in total. The average Bonchev–Trinajstić information content (AvgIpc) is 2.88. The maximum Gasteiger partial charge on any atom is 0.243 e. The second kappa shape index (κ2) is 13.8. The number of nitrogens with zero attached hydrogens (tertiary/aromatic N) is 1. The van der Waals surface area contributed by atoms with Crippen LogP contribution in [-0.4, -0.2) is 34.6 Å². The lowest BCUT2D eigenvalue weighted by molar-refractivity contribution is -0.139. The van der Waals surface area contributed by atoms with Crippen molar-refractivity contribution in [3.05, 3.63) is 107 Å². The van der Waals surface area contributed by atoms with Crippen LogP contribution in [0.15, 0.2) is 78.9 Å². The van der Waals surface area contributed by atoms with E-state index in [0.29, 0.717) is 12.2 Å². The van der Waals surface area contributed by atoms with Crippen molar-refractivity contribution in [2.45, 2.75) is 58.0 Å². The van der Waals surface area contributed by atoms with E-state index in [4.69, 9.17) is 0 Å². The smallest absolute Gasteiger partial charge is 0.243 e. The molecule has 0 bridgehead atoms. The number of halogens is 1. The Bertz CT molecular complexity index is 1120. The number of carbonyl (C=O) groups is 2. The second-order valence-corrected chi connectivity index (χ2v) is 10.1. The summed E-state index contributed by atoms with van der Waals surface area (Å²) in [5, 5.41) is 3.07. The third-order valence-electron chi connectivity index (χ3n) is 6.28. The average molecular weight is 507 g/mol. The number of nitrogens with one attached hydrogen (secondary N) is 1. The molecule has 0 fully saturated rings. The van der Waals surface area contributed by atoms with Crippen molar-refractivity contribution >= 4 is 23.6 Å². The monoisotopic (exact) mass is 506 g/mol. The summed E-state index contributed by atoms with van der Waals surface area (Å²) < 4.78 is 13.6. The molecule has 0 aliphatic heterocycles. The highest BCUT2D eigenvalue weighted by Gasteiger charge is 2.30. The van der Waals surface area contributed by atoms with Gasteiger partial charge >= 0.3 is 0 Å². The van der Waals surface area contributed by atoms with Gasteiger partial charge in [0.1, 0.15) is 11.9 Å². The van der Waals surface area contributed by atoms with Gasteiger partial charge in [0.2, 0.25) is 11.8 Å². The molecule has 0 radical (unpaired) electrons. The number of rotatable bonds is 12. The highest BCUT2D eigenvalue weighted by atomic mass is 32.2. The van der Waals surface area contributed by atoms with Crippen LogP contribution in [0.5, 0.6) is 0 Å². The normalized spacial score (nSPS) is 12.6. The Kier molecular flexibility index (Phi) is 10.6. The molecule has 0 aromatic heterocycles. The van der Waals surface area contributed by atoms with Gasteiger partial charge in [-0.1, -0.05) is 73.7 Å². The topological polar surface area (TPSA) is 49.4 Å². The molecule has 3 rings (SSSR count). The van der Waals surface area contributed by atoms with Crippen LogP contribution >= 0.6 is 11.8 Å². The van der Waals surface area contributed by atoms with E-state index in [0.717, 1.165) is 17.5 Å². The summed E-state index contributed by atoms with van der Waals surface area (Å²) in [7, 11) is 0. The van der Waals surface area contributed by atoms with Crippen LogP contribution in [-0.2, 0) is 28.3 Å². The Morgan fingerprint density at radius 1 is 0.944 bits per heavy atom. The van der Waals surface area contributed by atoms with Gasteiger partial charge < -0.3 is 10.2 Å². The third-order valence-corrected chi connectivity index (χ3v) is 7.25. The first-order valence-corrected chi connectivity index (χ1v) is 13.5.